The van der Waals surface area contributed by atoms with Crippen LogP contribution < -0.4 is 9.64 Å². The third kappa shape index (κ3) is 3.68. The SMILES string of the molecule is Cc1ccn(-c2ccc(N(C)CCOc3ccccc3F)nn2)n1. The number of aromatic nitrogens is 4. The zero-order valence-corrected chi connectivity index (χ0v) is 13.6. The predicted molar refractivity (Wildman–Crippen MR) is 89.1 cm³/mol. The fraction of sp³-hybridized carbons (Fsp3) is 0.235. The van der Waals surface area contributed by atoms with E-state index in [2.05, 4.69) is 15.3 Å². The van der Waals surface area contributed by atoms with Crippen LogP contribution in [-0.2, 0) is 0 Å². The van der Waals surface area contributed by atoms with E-state index in [0.717, 1.165) is 5.69 Å². The first-order valence-electron chi connectivity index (χ1n) is 7.58. The van der Waals surface area contributed by atoms with Crippen LogP contribution in [0.15, 0.2) is 48.7 Å². The first-order chi connectivity index (χ1) is 11.6. The number of ether oxygens (including phenoxy) is 1. The van der Waals surface area contributed by atoms with Gasteiger partial charge in [-0.1, -0.05) is 12.1 Å². The Kier molecular flexibility index (Phi) is 4.69. The molecule has 0 radical (unpaired) electrons. The lowest BCUT2D eigenvalue weighted by Crippen LogP contribution is -2.25. The second-order valence-electron chi connectivity index (χ2n) is 5.35. The Morgan fingerprint density at radius 1 is 1.12 bits per heavy atom. The molecule has 0 N–H and O–H groups in total. The summed E-state index contributed by atoms with van der Waals surface area (Å²) in [5.41, 5.74) is 0.920. The Bertz CT molecular complexity index is 803. The van der Waals surface area contributed by atoms with E-state index in [1.165, 1.54) is 6.07 Å². The van der Waals surface area contributed by atoms with E-state index in [-0.39, 0.29) is 11.6 Å². The molecule has 0 spiro atoms. The highest BCUT2D eigenvalue weighted by molar-refractivity contribution is 5.38. The van der Waals surface area contributed by atoms with Gasteiger partial charge in [-0.3, -0.25) is 0 Å². The van der Waals surface area contributed by atoms with Crippen molar-refractivity contribution in [3.05, 3.63) is 60.2 Å². The molecule has 3 aromatic rings. The largest absolute Gasteiger partial charge is 0.489 e. The number of benzene rings is 1. The summed E-state index contributed by atoms with van der Waals surface area (Å²) < 4.78 is 20.6. The number of likely N-dealkylation sites (N-methyl/N-ethyl adjacent to an activating group) is 1. The molecule has 0 fully saturated rings. The summed E-state index contributed by atoms with van der Waals surface area (Å²) in [7, 11) is 1.88. The third-order valence-corrected chi connectivity index (χ3v) is 3.51. The van der Waals surface area contributed by atoms with Gasteiger partial charge in [0.2, 0.25) is 0 Å². The van der Waals surface area contributed by atoms with Gasteiger partial charge in [-0.15, -0.1) is 10.2 Å². The average Bonchev–Trinajstić information content (AvgIpc) is 3.03. The lowest BCUT2D eigenvalue weighted by Gasteiger charge is -2.18. The molecule has 24 heavy (non-hydrogen) atoms. The van der Waals surface area contributed by atoms with Crippen LogP contribution in [0, 0.1) is 12.7 Å². The Morgan fingerprint density at radius 2 is 1.96 bits per heavy atom. The van der Waals surface area contributed by atoms with Crippen LogP contribution in [0.1, 0.15) is 5.69 Å². The van der Waals surface area contributed by atoms with E-state index < -0.39 is 0 Å². The van der Waals surface area contributed by atoms with E-state index in [0.29, 0.717) is 24.8 Å². The molecule has 2 heterocycles. The maximum absolute atomic E-state index is 13.5. The molecule has 0 aliphatic carbocycles. The fourth-order valence-electron chi connectivity index (χ4n) is 2.16. The monoisotopic (exact) mass is 327 g/mol. The van der Waals surface area contributed by atoms with Crippen molar-refractivity contribution in [1.82, 2.24) is 20.0 Å². The fourth-order valence-corrected chi connectivity index (χ4v) is 2.16. The van der Waals surface area contributed by atoms with Crippen molar-refractivity contribution in [3.63, 3.8) is 0 Å². The zero-order valence-electron chi connectivity index (χ0n) is 13.6. The van der Waals surface area contributed by atoms with Crippen LogP contribution in [0.5, 0.6) is 5.75 Å². The number of aryl methyl sites for hydroxylation is 1. The van der Waals surface area contributed by atoms with Gasteiger partial charge in [-0.05, 0) is 37.3 Å². The van der Waals surface area contributed by atoms with Crippen molar-refractivity contribution in [1.29, 1.82) is 0 Å². The topological polar surface area (TPSA) is 56.1 Å². The molecule has 0 aliphatic rings. The number of rotatable bonds is 6. The minimum atomic E-state index is -0.362. The average molecular weight is 327 g/mol. The van der Waals surface area contributed by atoms with Crippen molar-refractivity contribution in [2.45, 2.75) is 6.92 Å². The van der Waals surface area contributed by atoms with Crippen molar-refractivity contribution in [3.8, 4) is 11.6 Å². The summed E-state index contributed by atoms with van der Waals surface area (Å²) in [6.07, 6.45) is 1.84. The molecule has 124 valence electrons. The number of nitrogens with zero attached hydrogens (tertiary/aromatic N) is 5. The molecule has 0 aliphatic heterocycles. The maximum atomic E-state index is 13.5. The van der Waals surface area contributed by atoms with Gasteiger partial charge in [0.1, 0.15) is 6.61 Å². The standard InChI is InChI=1S/C17H18FN5O/c1-13-9-10-23(21-13)17-8-7-16(19-20-17)22(2)11-12-24-15-6-4-3-5-14(15)18/h3-10H,11-12H2,1-2H3. The van der Waals surface area contributed by atoms with Gasteiger partial charge < -0.3 is 9.64 Å². The molecule has 0 saturated carbocycles. The molecule has 0 amide bonds. The smallest absolute Gasteiger partial charge is 0.175 e. The first-order valence-corrected chi connectivity index (χ1v) is 7.58. The van der Waals surface area contributed by atoms with Crippen LogP contribution in [0.2, 0.25) is 0 Å². The Morgan fingerprint density at radius 3 is 2.62 bits per heavy atom. The van der Waals surface area contributed by atoms with Crippen LogP contribution in [-0.4, -0.2) is 40.2 Å². The Labute approximate surface area is 139 Å². The highest BCUT2D eigenvalue weighted by Gasteiger charge is 2.07. The number of para-hydroxylation sites is 1. The Hall–Kier alpha value is -2.96. The van der Waals surface area contributed by atoms with Crippen LogP contribution in [0.3, 0.4) is 0 Å². The van der Waals surface area contributed by atoms with Crippen LogP contribution in [0.4, 0.5) is 10.2 Å². The molecule has 3 rings (SSSR count). The molecule has 7 heteroatoms. The van der Waals surface area contributed by atoms with E-state index in [1.54, 1.807) is 22.9 Å². The van der Waals surface area contributed by atoms with Crippen molar-refractivity contribution >= 4 is 5.82 Å². The van der Waals surface area contributed by atoms with E-state index in [1.807, 2.05) is 43.3 Å². The van der Waals surface area contributed by atoms with Crippen molar-refractivity contribution < 1.29 is 9.13 Å². The predicted octanol–water partition coefficient (Wildman–Crippen LogP) is 2.63. The lowest BCUT2D eigenvalue weighted by molar-refractivity contribution is 0.309. The second-order valence-corrected chi connectivity index (χ2v) is 5.35. The number of halogens is 1. The lowest BCUT2D eigenvalue weighted by atomic mass is 10.3. The van der Waals surface area contributed by atoms with Crippen molar-refractivity contribution in [2.75, 3.05) is 25.1 Å². The Balaban J connectivity index is 1.57. The summed E-state index contributed by atoms with van der Waals surface area (Å²) in [5, 5.41) is 12.7. The maximum Gasteiger partial charge on any atom is 0.175 e. The highest BCUT2D eigenvalue weighted by Crippen LogP contribution is 2.15. The van der Waals surface area contributed by atoms with Gasteiger partial charge in [0.05, 0.1) is 12.2 Å². The summed E-state index contributed by atoms with van der Waals surface area (Å²) >= 11 is 0. The molecule has 0 bridgehead atoms. The molecule has 6 nitrogen and oxygen atoms in total. The molecule has 1 aromatic carbocycles. The second kappa shape index (κ2) is 7.08. The third-order valence-electron chi connectivity index (χ3n) is 3.51. The van der Waals surface area contributed by atoms with Gasteiger partial charge in [-0.25, -0.2) is 9.07 Å². The van der Waals surface area contributed by atoms with Gasteiger partial charge in [0.25, 0.3) is 0 Å². The van der Waals surface area contributed by atoms with Gasteiger partial charge in [-0.2, -0.15) is 5.10 Å². The van der Waals surface area contributed by atoms with E-state index in [9.17, 15) is 4.39 Å². The summed E-state index contributed by atoms with van der Waals surface area (Å²) in [6, 6.07) is 12.0. The number of anilines is 1. The molecule has 0 saturated heterocycles. The number of hydrogen-bond donors (Lipinski definition) is 0. The normalized spacial score (nSPS) is 10.6. The molecule has 2 aromatic heterocycles. The molecule has 0 unspecified atom stereocenters. The molecular weight excluding hydrogens is 309 g/mol. The summed E-state index contributed by atoms with van der Waals surface area (Å²) in [4.78, 5) is 1.89. The van der Waals surface area contributed by atoms with Crippen LogP contribution in [0.25, 0.3) is 5.82 Å². The minimum absolute atomic E-state index is 0.251. The summed E-state index contributed by atoms with van der Waals surface area (Å²) in [6.45, 7) is 2.82. The quantitative estimate of drug-likeness (QED) is 0.696. The van der Waals surface area contributed by atoms with Crippen molar-refractivity contribution in [2.24, 2.45) is 0 Å². The van der Waals surface area contributed by atoms with Gasteiger partial charge >= 0.3 is 0 Å². The minimum Gasteiger partial charge on any atom is -0.489 e. The summed E-state index contributed by atoms with van der Waals surface area (Å²) in [5.74, 6) is 1.25. The number of hydrogen-bond acceptors (Lipinski definition) is 5. The highest BCUT2D eigenvalue weighted by atomic mass is 19.1. The molecule has 0 atom stereocenters. The van der Waals surface area contributed by atoms with Gasteiger partial charge in [0, 0.05) is 13.2 Å². The van der Waals surface area contributed by atoms with Crippen LogP contribution >= 0.6 is 0 Å². The van der Waals surface area contributed by atoms with E-state index in [4.69, 9.17) is 4.74 Å². The zero-order chi connectivity index (χ0) is 16.9. The molecular formula is C17H18FN5O. The first kappa shape index (κ1) is 15.9. The van der Waals surface area contributed by atoms with Gasteiger partial charge in [0.15, 0.2) is 23.2 Å². The van der Waals surface area contributed by atoms with E-state index >= 15 is 0 Å².